The highest BCUT2D eigenvalue weighted by molar-refractivity contribution is 6.00. The zero-order valence-corrected chi connectivity index (χ0v) is 11.7. The molecule has 0 aliphatic heterocycles. The maximum absolute atomic E-state index is 10.8. The molecule has 3 rings (SSSR count). The van der Waals surface area contributed by atoms with Crippen molar-refractivity contribution in [3.63, 3.8) is 0 Å². The maximum atomic E-state index is 10.8. The van der Waals surface area contributed by atoms with E-state index in [4.69, 9.17) is 0 Å². The summed E-state index contributed by atoms with van der Waals surface area (Å²) >= 11 is 0. The van der Waals surface area contributed by atoms with E-state index in [1.54, 1.807) is 24.3 Å². The Labute approximate surface area is 127 Å². The van der Waals surface area contributed by atoms with Crippen molar-refractivity contribution in [2.45, 2.75) is 12.5 Å². The van der Waals surface area contributed by atoms with Gasteiger partial charge in [0.15, 0.2) is 0 Å². The Morgan fingerprint density at radius 1 is 1.18 bits per heavy atom. The topological polar surface area (TPSA) is 58.9 Å². The van der Waals surface area contributed by atoms with Crippen LogP contribution in [0.5, 0.6) is 0 Å². The number of benzene rings is 2. The van der Waals surface area contributed by atoms with Crippen molar-refractivity contribution in [1.29, 1.82) is 0 Å². The second-order valence-corrected chi connectivity index (χ2v) is 4.96. The molecule has 106 valence electrons. The molecule has 4 heteroatoms. The van der Waals surface area contributed by atoms with Crippen molar-refractivity contribution in [1.82, 2.24) is 0 Å². The summed E-state index contributed by atoms with van der Waals surface area (Å²) < 4.78 is 0. The van der Waals surface area contributed by atoms with Gasteiger partial charge in [-0.3, -0.25) is 0 Å². The van der Waals surface area contributed by atoms with Gasteiger partial charge < -0.3 is 0 Å². The van der Waals surface area contributed by atoms with Gasteiger partial charge in [0.2, 0.25) is 12.2 Å². The lowest BCUT2D eigenvalue weighted by atomic mass is 9.85. The third kappa shape index (κ3) is 2.13. The summed E-state index contributed by atoms with van der Waals surface area (Å²) in [6.07, 6.45) is 7.33. The van der Waals surface area contributed by atoms with E-state index in [9.17, 15) is 9.59 Å². The Bertz CT molecular complexity index is 899. The molecule has 2 aromatic rings. The van der Waals surface area contributed by atoms with Crippen LogP contribution < -0.4 is 0 Å². The van der Waals surface area contributed by atoms with Gasteiger partial charge in [0, 0.05) is 5.56 Å². The fourth-order valence-corrected chi connectivity index (χ4v) is 2.94. The fourth-order valence-electron chi connectivity index (χ4n) is 2.94. The molecule has 0 radical (unpaired) electrons. The minimum Gasteiger partial charge on any atom is -0.211 e. The van der Waals surface area contributed by atoms with Crippen molar-refractivity contribution in [3.8, 4) is 0 Å². The Kier molecular flexibility index (Phi) is 3.63. The first-order chi connectivity index (χ1) is 10.8. The molecule has 0 amide bonds. The Morgan fingerprint density at radius 3 is 2.77 bits per heavy atom. The number of hydrogen-bond acceptors (Lipinski definition) is 4. The number of nitrogens with zero attached hydrogens (tertiary/aromatic N) is 2. The van der Waals surface area contributed by atoms with Gasteiger partial charge in [-0.2, -0.15) is 9.98 Å². The summed E-state index contributed by atoms with van der Waals surface area (Å²) in [6.45, 7) is 3.77. The molecule has 1 aliphatic carbocycles. The first kappa shape index (κ1) is 13.9. The largest absolute Gasteiger partial charge is 0.240 e. The van der Waals surface area contributed by atoms with Crippen LogP contribution in [0.2, 0.25) is 0 Å². The number of aliphatic imine (C=N–C) groups is 2. The molecule has 22 heavy (non-hydrogen) atoms. The van der Waals surface area contributed by atoms with Crippen LogP contribution >= 0.6 is 0 Å². The molecular formula is C18H12N2O2. The van der Waals surface area contributed by atoms with Crippen molar-refractivity contribution in [3.05, 3.63) is 65.8 Å². The van der Waals surface area contributed by atoms with Gasteiger partial charge in [-0.15, -0.1) is 6.58 Å². The second-order valence-electron chi connectivity index (χ2n) is 4.96. The number of carbonyl (C=O) groups excluding carboxylic acids is 2. The van der Waals surface area contributed by atoms with Gasteiger partial charge in [-0.05, 0) is 34.4 Å². The van der Waals surface area contributed by atoms with E-state index in [1.807, 2.05) is 30.3 Å². The highest BCUT2D eigenvalue weighted by atomic mass is 16.1. The van der Waals surface area contributed by atoms with E-state index >= 15 is 0 Å². The third-order valence-corrected chi connectivity index (χ3v) is 3.78. The molecular weight excluding hydrogens is 276 g/mol. The van der Waals surface area contributed by atoms with Gasteiger partial charge >= 0.3 is 0 Å². The zero-order valence-electron chi connectivity index (χ0n) is 11.7. The van der Waals surface area contributed by atoms with Crippen molar-refractivity contribution < 1.29 is 9.59 Å². The standard InChI is InChI=1S/C18H12N2O2/c1-2-4-12-7-8-13-5-3-6-14-15(19-10-21)9-16(20-11-22)18(12)17(13)14/h2-3,5-9,15H,1,4H2. The molecule has 0 aromatic heterocycles. The second kappa shape index (κ2) is 5.74. The Morgan fingerprint density at radius 2 is 2.05 bits per heavy atom. The van der Waals surface area contributed by atoms with E-state index in [1.165, 1.54) is 0 Å². The summed E-state index contributed by atoms with van der Waals surface area (Å²) in [6, 6.07) is 9.35. The maximum Gasteiger partial charge on any atom is 0.240 e. The highest BCUT2D eigenvalue weighted by Crippen LogP contribution is 2.41. The van der Waals surface area contributed by atoms with Crippen LogP contribution in [0.15, 0.2) is 59.0 Å². The number of rotatable bonds is 4. The molecule has 2 aromatic carbocycles. The molecule has 0 heterocycles. The van der Waals surface area contributed by atoms with E-state index in [-0.39, 0.29) is 0 Å². The van der Waals surface area contributed by atoms with E-state index in [0.29, 0.717) is 12.1 Å². The molecule has 0 saturated carbocycles. The minimum atomic E-state index is -0.486. The Hall–Kier alpha value is -3.06. The van der Waals surface area contributed by atoms with E-state index in [2.05, 4.69) is 16.6 Å². The quantitative estimate of drug-likeness (QED) is 0.490. The van der Waals surface area contributed by atoms with Crippen LogP contribution in [0.4, 0.5) is 0 Å². The molecule has 0 fully saturated rings. The molecule has 0 saturated heterocycles. The number of hydrogen-bond donors (Lipinski definition) is 0. The lowest BCUT2D eigenvalue weighted by Crippen LogP contribution is -2.05. The molecule has 0 N–H and O–H groups in total. The molecule has 1 unspecified atom stereocenters. The van der Waals surface area contributed by atoms with Crippen molar-refractivity contribution in [2.24, 2.45) is 9.98 Å². The summed E-state index contributed by atoms with van der Waals surface area (Å²) in [5.41, 5.74) is 3.30. The summed E-state index contributed by atoms with van der Waals surface area (Å²) in [5.74, 6) is 0. The van der Waals surface area contributed by atoms with E-state index in [0.717, 1.165) is 27.5 Å². The predicted octanol–water partition coefficient (Wildman–Crippen LogP) is 3.64. The van der Waals surface area contributed by atoms with E-state index < -0.39 is 6.04 Å². The Balaban J connectivity index is 2.44. The van der Waals surface area contributed by atoms with Crippen molar-refractivity contribution >= 4 is 28.6 Å². The van der Waals surface area contributed by atoms with Crippen LogP contribution in [0.3, 0.4) is 0 Å². The first-order valence-corrected chi connectivity index (χ1v) is 6.82. The van der Waals surface area contributed by atoms with Gasteiger partial charge in [-0.25, -0.2) is 9.59 Å². The predicted molar refractivity (Wildman–Crippen MR) is 84.8 cm³/mol. The molecule has 0 spiro atoms. The number of isocyanates is 2. The fraction of sp³-hybridized carbons (Fsp3) is 0.111. The first-order valence-electron chi connectivity index (χ1n) is 6.82. The summed E-state index contributed by atoms with van der Waals surface area (Å²) in [7, 11) is 0. The van der Waals surface area contributed by atoms with Gasteiger partial charge in [-0.1, -0.05) is 36.4 Å². The van der Waals surface area contributed by atoms with Crippen LogP contribution in [-0.2, 0) is 16.0 Å². The minimum absolute atomic E-state index is 0.486. The summed E-state index contributed by atoms with van der Waals surface area (Å²) in [4.78, 5) is 29.1. The van der Waals surface area contributed by atoms with Crippen molar-refractivity contribution in [2.75, 3.05) is 0 Å². The van der Waals surface area contributed by atoms with Crippen LogP contribution in [-0.4, -0.2) is 12.2 Å². The zero-order chi connectivity index (χ0) is 15.5. The summed E-state index contributed by atoms with van der Waals surface area (Å²) in [5, 5.41) is 1.97. The average molecular weight is 288 g/mol. The molecule has 0 bridgehead atoms. The van der Waals surface area contributed by atoms with Gasteiger partial charge in [0.1, 0.15) is 6.04 Å². The van der Waals surface area contributed by atoms with Crippen LogP contribution in [0.25, 0.3) is 16.5 Å². The number of allylic oxidation sites excluding steroid dienone is 1. The lowest BCUT2D eigenvalue weighted by Gasteiger charge is -2.22. The SMILES string of the molecule is C=CCc1ccc2cccc3c2c1C(N=C=O)=CC3N=C=O. The smallest absolute Gasteiger partial charge is 0.211 e. The molecule has 4 nitrogen and oxygen atoms in total. The average Bonchev–Trinajstić information content (AvgIpc) is 2.53. The van der Waals surface area contributed by atoms with Crippen LogP contribution in [0.1, 0.15) is 22.7 Å². The molecule has 1 aliphatic rings. The van der Waals surface area contributed by atoms with Gasteiger partial charge in [0.05, 0.1) is 5.70 Å². The van der Waals surface area contributed by atoms with Gasteiger partial charge in [0.25, 0.3) is 0 Å². The lowest BCUT2D eigenvalue weighted by molar-refractivity contribution is 0.561. The normalized spacial score (nSPS) is 15.5. The monoisotopic (exact) mass is 288 g/mol. The highest BCUT2D eigenvalue weighted by Gasteiger charge is 2.24. The third-order valence-electron chi connectivity index (χ3n) is 3.78. The molecule has 1 atom stereocenters. The van der Waals surface area contributed by atoms with Crippen LogP contribution in [0, 0.1) is 0 Å².